The second-order valence-corrected chi connectivity index (χ2v) is 14.5. The fourth-order valence-electron chi connectivity index (χ4n) is 5.24. The monoisotopic (exact) mass is 723 g/mol. The summed E-state index contributed by atoms with van der Waals surface area (Å²) in [6.07, 6.45) is 3.42. The van der Waals surface area contributed by atoms with Gasteiger partial charge in [-0.3, -0.25) is 4.79 Å². The third kappa shape index (κ3) is 14.8. The third-order valence-corrected chi connectivity index (χ3v) is 9.49. The second-order valence-electron chi connectivity index (χ2n) is 13.0. The average molecular weight is 724 g/mol. The van der Waals surface area contributed by atoms with Crippen LogP contribution in [0.5, 0.6) is 0 Å². The van der Waals surface area contributed by atoms with Crippen molar-refractivity contribution in [2.45, 2.75) is 76.5 Å². The normalized spacial score (nSPS) is 13.4. The zero-order chi connectivity index (χ0) is 36.5. The molecule has 3 atom stereocenters. The van der Waals surface area contributed by atoms with Crippen molar-refractivity contribution in [2.24, 2.45) is 5.73 Å². The molecule has 0 radical (unpaired) electrons. The van der Waals surface area contributed by atoms with Gasteiger partial charge in [-0.15, -0.1) is 24.0 Å². The first-order chi connectivity index (χ1) is 23.9. The maximum Gasteiger partial charge on any atom is 0.407 e. The van der Waals surface area contributed by atoms with Gasteiger partial charge in [0.1, 0.15) is 12.6 Å². The summed E-state index contributed by atoms with van der Waals surface area (Å²) in [5.74, 6) is 0.0567. The molecule has 0 fully saturated rings. The number of thiazole rings is 1. The Morgan fingerprint density at radius 3 is 2.00 bits per heavy atom. The summed E-state index contributed by atoms with van der Waals surface area (Å²) >= 11 is 5.77. The molecule has 4 amide bonds. The lowest BCUT2D eigenvalue weighted by molar-refractivity contribution is -0.124. The van der Waals surface area contributed by atoms with Crippen LogP contribution >= 0.6 is 24.0 Å². The predicted molar refractivity (Wildman–Crippen MR) is 204 cm³/mol. The SMILES string of the molecule is CC(C)c1nc(CN(C)C(=O)NC(CCN(C)C)C(=O)NC(CCC(Cc2ccccc2)NC(=O)OC/C(S)=C/N)Cc2ccccc2)cs1. The zero-order valence-corrected chi connectivity index (χ0v) is 31.5. The molecule has 3 aromatic rings. The van der Waals surface area contributed by atoms with Crippen molar-refractivity contribution in [2.75, 3.05) is 34.3 Å². The van der Waals surface area contributed by atoms with Crippen LogP contribution in [0.1, 0.15) is 60.9 Å². The van der Waals surface area contributed by atoms with Crippen molar-refractivity contribution in [3.05, 3.63) is 99.0 Å². The number of urea groups is 1. The Labute approximate surface area is 306 Å². The molecule has 0 saturated carbocycles. The minimum Gasteiger partial charge on any atom is -0.444 e. The molecule has 0 spiro atoms. The van der Waals surface area contributed by atoms with Crippen LogP contribution < -0.4 is 21.7 Å². The maximum atomic E-state index is 14.0. The first-order valence-corrected chi connectivity index (χ1v) is 18.3. The van der Waals surface area contributed by atoms with Gasteiger partial charge >= 0.3 is 12.1 Å². The fourth-order valence-corrected chi connectivity index (χ4v) is 6.13. The highest BCUT2D eigenvalue weighted by Gasteiger charge is 2.26. The van der Waals surface area contributed by atoms with Crippen LogP contribution in [-0.2, 0) is 28.9 Å². The van der Waals surface area contributed by atoms with Crippen molar-refractivity contribution in [3.8, 4) is 0 Å². The molecule has 5 N–H and O–H groups in total. The first kappa shape index (κ1) is 40.4. The number of alkyl carbamates (subject to hydrolysis) is 1. The minimum atomic E-state index is -0.758. The van der Waals surface area contributed by atoms with Crippen LogP contribution in [0.15, 0.2) is 77.1 Å². The molecule has 0 aliphatic heterocycles. The van der Waals surface area contributed by atoms with Gasteiger partial charge in [0.05, 0.1) is 17.2 Å². The van der Waals surface area contributed by atoms with Gasteiger partial charge < -0.3 is 36.2 Å². The summed E-state index contributed by atoms with van der Waals surface area (Å²) in [4.78, 5) is 48.7. The highest BCUT2D eigenvalue weighted by atomic mass is 32.1. The van der Waals surface area contributed by atoms with Crippen LogP contribution in [0.2, 0.25) is 0 Å². The molecule has 2 aromatic carbocycles. The van der Waals surface area contributed by atoms with Gasteiger partial charge in [0.25, 0.3) is 0 Å². The summed E-state index contributed by atoms with van der Waals surface area (Å²) in [7, 11) is 5.57. The number of hydrogen-bond acceptors (Lipinski definition) is 9. The van der Waals surface area contributed by atoms with Gasteiger partial charge in [0, 0.05) is 41.5 Å². The van der Waals surface area contributed by atoms with Gasteiger partial charge in [-0.25, -0.2) is 14.6 Å². The lowest BCUT2D eigenvalue weighted by Gasteiger charge is -2.27. The Morgan fingerprint density at radius 1 is 0.900 bits per heavy atom. The van der Waals surface area contributed by atoms with E-state index in [4.69, 9.17) is 10.5 Å². The van der Waals surface area contributed by atoms with Crippen LogP contribution in [0, 0.1) is 0 Å². The lowest BCUT2D eigenvalue weighted by atomic mass is 9.95. The molecule has 0 aliphatic carbocycles. The molecule has 1 aromatic heterocycles. The second kappa shape index (κ2) is 21.2. The number of nitrogens with zero attached hydrogens (tertiary/aromatic N) is 3. The maximum absolute atomic E-state index is 14.0. The smallest absolute Gasteiger partial charge is 0.407 e. The summed E-state index contributed by atoms with van der Waals surface area (Å²) in [6.45, 7) is 5.09. The number of aromatic nitrogens is 1. The number of hydrogen-bond donors (Lipinski definition) is 5. The number of thiol groups is 1. The van der Waals surface area contributed by atoms with Crippen LogP contribution in [0.4, 0.5) is 9.59 Å². The Balaban J connectivity index is 1.75. The van der Waals surface area contributed by atoms with Crippen LogP contribution in [0.3, 0.4) is 0 Å². The van der Waals surface area contributed by atoms with Crippen molar-refractivity contribution >= 4 is 42.0 Å². The van der Waals surface area contributed by atoms with E-state index in [1.807, 2.05) is 85.0 Å². The molecule has 3 rings (SSSR count). The van der Waals surface area contributed by atoms with Crippen molar-refractivity contribution in [1.29, 1.82) is 0 Å². The molecule has 3 unspecified atom stereocenters. The molecule has 50 heavy (non-hydrogen) atoms. The molecular formula is C37H53N7O4S2. The van der Waals surface area contributed by atoms with Gasteiger partial charge in [0.15, 0.2) is 0 Å². The van der Waals surface area contributed by atoms with E-state index in [0.717, 1.165) is 21.8 Å². The summed E-state index contributed by atoms with van der Waals surface area (Å²) < 4.78 is 5.32. The first-order valence-electron chi connectivity index (χ1n) is 16.9. The molecule has 272 valence electrons. The van der Waals surface area contributed by atoms with Crippen LogP contribution in [0.25, 0.3) is 0 Å². The zero-order valence-electron chi connectivity index (χ0n) is 29.8. The van der Waals surface area contributed by atoms with Gasteiger partial charge in [0.2, 0.25) is 5.91 Å². The topological polar surface area (TPSA) is 142 Å². The van der Waals surface area contributed by atoms with Crippen molar-refractivity contribution in [3.63, 3.8) is 0 Å². The van der Waals surface area contributed by atoms with Gasteiger partial charge in [-0.05, 0) is 63.9 Å². The van der Waals surface area contributed by atoms with Gasteiger partial charge in [-0.2, -0.15) is 0 Å². The lowest BCUT2D eigenvalue weighted by Crippen LogP contribution is -2.53. The van der Waals surface area contributed by atoms with E-state index in [0.29, 0.717) is 56.0 Å². The highest BCUT2D eigenvalue weighted by Crippen LogP contribution is 2.20. The molecule has 11 nitrogen and oxygen atoms in total. The molecule has 0 saturated heterocycles. The number of nitrogens with one attached hydrogen (secondary N) is 3. The molecule has 0 bridgehead atoms. The fraction of sp³-hybridized carbons (Fsp3) is 0.459. The number of nitrogens with two attached hydrogens (primary N) is 1. The minimum absolute atomic E-state index is 0.0335. The highest BCUT2D eigenvalue weighted by molar-refractivity contribution is 7.84. The van der Waals surface area contributed by atoms with E-state index in [9.17, 15) is 14.4 Å². The predicted octanol–water partition coefficient (Wildman–Crippen LogP) is 5.30. The Bertz CT molecular complexity index is 1500. The van der Waals surface area contributed by atoms with E-state index in [1.54, 1.807) is 23.3 Å². The van der Waals surface area contributed by atoms with Crippen LogP contribution in [-0.4, -0.2) is 85.2 Å². The number of ether oxygens (including phenoxy) is 1. The van der Waals surface area contributed by atoms with E-state index in [-0.39, 0.29) is 30.6 Å². The Morgan fingerprint density at radius 2 is 1.48 bits per heavy atom. The summed E-state index contributed by atoms with van der Waals surface area (Å²) in [5, 5.41) is 12.2. The third-order valence-electron chi connectivity index (χ3n) is 8.01. The molecule has 0 aliphatic rings. The number of carbonyl (C=O) groups excluding carboxylic acids is 3. The Hall–Kier alpha value is -4.07. The van der Waals surface area contributed by atoms with E-state index >= 15 is 0 Å². The van der Waals surface area contributed by atoms with E-state index in [2.05, 4.69) is 47.4 Å². The van der Waals surface area contributed by atoms with Crippen molar-refractivity contribution < 1.29 is 19.1 Å². The number of carbonyl (C=O) groups is 3. The average Bonchev–Trinajstić information content (AvgIpc) is 3.57. The number of amides is 4. The largest absolute Gasteiger partial charge is 0.444 e. The standard InChI is InChI=1S/C37H53N7O4S2/c1-26(2)35-40-31(25-50-35)23-44(5)36(46)42-33(18-19-43(3)4)34(45)39-29(20-27-12-8-6-9-13-27)16-17-30(21-28-14-10-7-11-15-28)41-37(47)48-24-32(49)22-38/h6-15,22,25-26,29-30,33,49H,16-21,23-24,38H2,1-5H3,(H,39,45)(H,41,47)(H,42,46)/b32-22-. The van der Waals surface area contributed by atoms with Crippen molar-refractivity contribution in [1.82, 2.24) is 30.7 Å². The van der Waals surface area contributed by atoms with E-state index in [1.165, 1.54) is 6.20 Å². The summed E-state index contributed by atoms with van der Waals surface area (Å²) in [6, 6.07) is 18.2. The molecule has 13 heteroatoms. The quantitative estimate of drug-likeness (QED) is 0.106. The number of benzene rings is 2. The Kier molecular flexibility index (Phi) is 17.1. The summed E-state index contributed by atoms with van der Waals surface area (Å²) in [5.41, 5.74) is 8.41. The van der Waals surface area contributed by atoms with Gasteiger partial charge in [-0.1, -0.05) is 74.5 Å². The molecular weight excluding hydrogens is 671 g/mol. The van der Waals surface area contributed by atoms with E-state index < -0.39 is 12.1 Å². The number of rotatable bonds is 19. The molecule has 1 heterocycles.